The van der Waals surface area contributed by atoms with Crippen LogP contribution in [0.5, 0.6) is 0 Å². The number of hydrogen-bond donors (Lipinski definition) is 1. The second kappa shape index (κ2) is 5.06. The lowest BCUT2D eigenvalue weighted by Gasteiger charge is -2.25. The minimum absolute atomic E-state index is 0.396. The maximum atomic E-state index is 4.21. The highest BCUT2D eigenvalue weighted by Crippen LogP contribution is 2.33. The van der Waals surface area contributed by atoms with E-state index in [0.29, 0.717) is 6.04 Å². The van der Waals surface area contributed by atoms with E-state index in [9.17, 15) is 0 Å². The Morgan fingerprint density at radius 1 is 1.33 bits per heavy atom. The fourth-order valence-electron chi connectivity index (χ4n) is 2.51. The molecular formula is C14H17N3S. The van der Waals surface area contributed by atoms with Gasteiger partial charge in [-0.15, -0.1) is 10.2 Å². The van der Waals surface area contributed by atoms with Crippen LogP contribution < -0.4 is 5.32 Å². The fraction of sp³-hybridized carbons (Fsp3) is 0.429. The molecular weight excluding hydrogens is 242 g/mol. The van der Waals surface area contributed by atoms with Crippen molar-refractivity contribution >= 4 is 16.5 Å². The molecule has 1 aromatic heterocycles. The average Bonchev–Trinajstić information content (AvgIpc) is 2.87. The van der Waals surface area contributed by atoms with E-state index in [4.69, 9.17) is 0 Å². The van der Waals surface area contributed by atoms with Crippen LogP contribution in [-0.2, 0) is 12.8 Å². The van der Waals surface area contributed by atoms with Crippen molar-refractivity contribution in [2.75, 3.05) is 5.32 Å². The topological polar surface area (TPSA) is 37.8 Å². The summed E-state index contributed by atoms with van der Waals surface area (Å²) in [6, 6.07) is 9.11. The second-order valence-corrected chi connectivity index (χ2v) is 5.70. The van der Waals surface area contributed by atoms with E-state index in [0.717, 1.165) is 16.6 Å². The Morgan fingerprint density at radius 2 is 2.22 bits per heavy atom. The van der Waals surface area contributed by atoms with Crippen molar-refractivity contribution in [1.29, 1.82) is 0 Å². The monoisotopic (exact) mass is 259 g/mol. The van der Waals surface area contributed by atoms with Gasteiger partial charge in [-0.1, -0.05) is 42.5 Å². The molecule has 0 radical (unpaired) electrons. The van der Waals surface area contributed by atoms with Crippen LogP contribution in [0, 0.1) is 0 Å². The standard InChI is InChI=1S/C14H17N3S/c1-2-13-16-17-14(18-13)15-12-9-5-7-10-6-3-4-8-11(10)12/h3-4,6,8,12H,2,5,7,9H2,1H3,(H,15,17). The summed E-state index contributed by atoms with van der Waals surface area (Å²) in [5.74, 6) is 0. The summed E-state index contributed by atoms with van der Waals surface area (Å²) in [5, 5.41) is 14.0. The van der Waals surface area contributed by atoms with Crippen molar-refractivity contribution in [3.8, 4) is 0 Å². The molecule has 0 bridgehead atoms. The van der Waals surface area contributed by atoms with Gasteiger partial charge < -0.3 is 5.32 Å². The summed E-state index contributed by atoms with van der Waals surface area (Å²) >= 11 is 1.67. The summed E-state index contributed by atoms with van der Waals surface area (Å²) in [7, 11) is 0. The zero-order chi connectivity index (χ0) is 12.4. The molecule has 1 aromatic carbocycles. The Balaban J connectivity index is 1.81. The van der Waals surface area contributed by atoms with Crippen molar-refractivity contribution in [3.05, 3.63) is 40.4 Å². The summed E-state index contributed by atoms with van der Waals surface area (Å²) < 4.78 is 0. The molecule has 0 fully saturated rings. The lowest BCUT2D eigenvalue weighted by molar-refractivity contribution is 0.599. The van der Waals surface area contributed by atoms with Gasteiger partial charge in [0, 0.05) is 0 Å². The molecule has 0 aliphatic heterocycles. The van der Waals surface area contributed by atoms with Gasteiger partial charge in [0.25, 0.3) is 0 Å². The maximum absolute atomic E-state index is 4.21. The molecule has 1 heterocycles. The van der Waals surface area contributed by atoms with Crippen molar-refractivity contribution in [2.45, 2.75) is 38.6 Å². The Morgan fingerprint density at radius 3 is 3.06 bits per heavy atom. The first kappa shape index (κ1) is 11.7. The Bertz CT molecular complexity index is 535. The highest BCUT2D eigenvalue weighted by atomic mass is 32.1. The molecule has 1 atom stereocenters. The Kier molecular flexibility index (Phi) is 3.28. The van der Waals surface area contributed by atoms with Gasteiger partial charge in [0.05, 0.1) is 6.04 Å². The first-order chi connectivity index (χ1) is 8.86. The number of hydrogen-bond acceptors (Lipinski definition) is 4. The largest absolute Gasteiger partial charge is 0.353 e. The molecule has 4 heteroatoms. The van der Waals surface area contributed by atoms with Gasteiger partial charge in [0.15, 0.2) is 0 Å². The quantitative estimate of drug-likeness (QED) is 0.915. The smallest absolute Gasteiger partial charge is 0.206 e. The Hall–Kier alpha value is -1.42. The van der Waals surface area contributed by atoms with E-state index in [-0.39, 0.29) is 0 Å². The third kappa shape index (κ3) is 2.25. The first-order valence-corrected chi connectivity index (χ1v) is 7.35. The van der Waals surface area contributed by atoms with Gasteiger partial charge >= 0.3 is 0 Å². The summed E-state index contributed by atoms with van der Waals surface area (Å²) in [6.45, 7) is 2.11. The lowest BCUT2D eigenvalue weighted by atomic mass is 9.88. The Labute approximate surface area is 111 Å². The molecule has 1 N–H and O–H groups in total. The molecule has 1 unspecified atom stereocenters. The van der Waals surface area contributed by atoms with Crippen LogP contribution in [0.15, 0.2) is 24.3 Å². The third-order valence-corrected chi connectivity index (χ3v) is 4.44. The zero-order valence-electron chi connectivity index (χ0n) is 10.5. The fourth-order valence-corrected chi connectivity index (χ4v) is 3.24. The minimum atomic E-state index is 0.396. The van der Waals surface area contributed by atoms with Gasteiger partial charge in [-0.25, -0.2) is 0 Å². The highest BCUT2D eigenvalue weighted by Gasteiger charge is 2.20. The summed E-state index contributed by atoms with van der Waals surface area (Å²) in [5.41, 5.74) is 2.90. The van der Waals surface area contributed by atoms with E-state index in [1.165, 1.54) is 30.4 Å². The van der Waals surface area contributed by atoms with Gasteiger partial charge in [0.1, 0.15) is 5.01 Å². The van der Waals surface area contributed by atoms with Crippen LogP contribution in [0.4, 0.5) is 5.13 Å². The predicted octanol–water partition coefficient (Wildman–Crippen LogP) is 3.59. The van der Waals surface area contributed by atoms with Gasteiger partial charge in [-0.3, -0.25) is 0 Å². The number of fused-ring (bicyclic) bond motifs is 1. The van der Waals surface area contributed by atoms with Crippen LogP contribution in [0.25, 0.3) is 0 Å². The van der Waals surface area contributed by atoms with Gasteiger partial charge in [-0.2, -0.15) is 0 Å². The van der Waals surface area contributed by atoms with E-state index < -0.39 is 0 Å². The van der Waals surface area contributed by atoms with E-state index >= 15 is 0 Å². The molecule has 3 nitrogen and oxygen atoms in total. The minimum Gasteiger partial charge on any atom is -0.353 e. The number of nitrogens with one attached hydrogen (secondary N) is 1. The van der Waals surface area contributed by atoms with Crippen molar-refractivity contribution in [3.63, 3.8) is 0 Å². The van der Waals surface area contributed by atoms with Crippen LogP contribution in [0.3, 0.4) is 0 Å². The molecule has 2 aromatic rings. The number of aryl methyl sites for hydroxylation is 2. The average molecular weight is 259 g/mol. The van der Waals surface area contributed by atoms with Crippen molar-refractivity contribution in [1.82, 2.24) is 10.2 Å². The molecule has 0 saturated heterocycles. The number of anilines is 1. The van der Waals surface area contributed by atoms with Crippen LogP contribution in [-0.4, -0.2) is 10.2 Å². The molecule has 0 spiro atoms. The first-order valence-electron chi connectivity index (χ1n) is 6.53. The van der Waals surface area contributed by atoms with Gasteiger partial charge in [0.2, 0.25) is 5.13 Å². The third-order valence-electron chi connectivity index (χ3n) is 3.44. The SMILES string of the molecule is CCc1nnc(NC2CCCc3ccccc32)s1. The predicted molar refractivity (Wildman–Crippen MR) is 75.0 cm³/mol. The van der Waals surface area contributed by atoms with Crippen LogP contribution in [0.1, 0.15) is 41.9 Å². The van der Waals surface area contributed by atoms with E-state index in [1.807, 2.05) is 0 Å². The normalized spacial score (nSPS) is 18.4. The molecule has 1 aliphatic rings. The molecule has 1 aliphatic carbocycles. The van der Waals surface area contributed by atoms with Gasteiger partial charge in [-0.05, 0) is 36.8 Å². The lowest BCUT2D eigenvalue weighted by Crippen LogP contribution is -2.17. The summed E-state index contributed by atoms with van der Waals surface area (Å²) in [6.07, 6.45) is 4.58. The zero-order valence-corrected chi connectivity index (χ0v) is 11.3. The highest BCUT2D eigenvalue weighted by molar-refractivity contribution is 7.15. The van der Waals surface area contributed by atoms with Crippen molar-refractivity contribution < 1.29 is 0 Å². The van der Waals surface area contributed by atoms with Crippen LogP contribution in [0.2, 0.25) is 0 Å². The maximum Gasteiger partial charge on any atom is 0.206 e. The van der Waals surface area contributed by atoms with E-state index in [1.54, 1.807) is 11.3 Å². The summed E-state index contributed by atoms with van der Waals surface area (Å²) in [4.78, 5) is 0. The molecule has 3 rings (SSSR count). The number of benzene rings is 1. The van der Waals surface area contributed by atoms with Crippen molar-refractivity contribution in [2.24, 2.45) is 0 Å². The molecule has 18 heavy (non-hydrogen) atoms. The molecule has 0 amide bonds. The van der Waals surface area contributed by atoms with Crippen LogP contribution >= 0.6 is 11.3 Å². The molecule has 94 valence electrons. The number of rotatable bonds is 3. The number of nitrogens with zero attached hydrogens (tertiary/aromatic N) is 2. The number of aromatic nitrogens is 2. The second-order valence-electron chi connectivity index (χ2n) is 4.64. The van der Waals surface area contributed by atoms with E-state index in [2.05, 4.69) is 46.7 Å². The molecule has 0 saturated carbocycles.